The van der Waals surface area contributed by atoms with Crippen molar-refractivity contribution < 1.29 is 17.6 Å². The van der Waals surface area contributed by atoms with Gasteiger partial charge in [-0.2, -0.15) is 0 Å². The number of primary sulfonamides is 1. The van der Waals surface area contributed by atoms with Gasteiger partial charge in [0.2, 0.25) is 10.0 Å². The van der Waals surface area contributed by atoms with E-state index in [0.29, 0.717) is 5.69 Å². The highest BCUT2D eigenvalue weighted by molar-refractivity contribution is 7.89. The molecule has 21 heavy (non-hydrogen) atoms. The summed E-state index contributed by atoms with van der Waals surface area (Å²) in [6.07, 6.45) is 2.60. The largest absolute Gasteiger partial charge is 0.319 e. The number of carbonyl (C=O) groups excluding carboxylic acids is 1. The molecular weight excluding hydrogens is 299 g/mol. The van der Waals surface area contributed by atoms with E-state index < -0.39 is 26.6 Å². The van der Waals surface area contributed by atoms with Crippen LogP contribution in [-0.4, -0.2) is 24.3 Å². The number of rotatable bonds is 3. The van der Waals surface area contributed by atoms with Gasteiger partial charge in [0.25, 0.3) is 5.91 Å². The molecular formula is C12H11FN4O3S. The van der Waals surface area contributed by atoms with Crippen LogP contribution in [0, 0.1) is 12.7 Å². The Balaban J connectivity index is 2.37. The molecule has 1 aromatic carbocycles. The summed E-state index contributed by atoms with van der Waals surface area (Å²) in [5, 5.41) is 7.27. The maximum Gasteiger partial charge on any atom is 0.275 e. The van der Waals surface area contributed by atoms with Crippen molar-refractivity contribution in [1.29, 1.82) is 0 Å². The molecule has 9 heteroatoms. The summed E-state index contributed by atoms with van der Waals surface area (Å²) in [5.41, 5.74) is 0.317. The van der Waals surface area contributed by atoms with Gasteiger partial charge in [-0.05, 0) is 25.1 Å². The molecule has 7 nitrogen and oxygen atoms in total. The topological polar surface area (TPSA) is 115 Å². The minimum Gasteiger partial charge on any atom is -0.319 e. The second-order valence-corrected chi connectivity index (χ2v) is 5.71. The highest BCUT2D eigenvalue weighted by atomic mass is 32.2. The SMILES string of the molecule is Cc1cnc(C(=O)Nc2cc(F)ccc2S(N)(=O)=O)cn1. The number of halogens is 1. The third-order valence-electron chi connectivity index (χ3n) is 2.51. The monoisotopic (exact) mass is 310 g/mol. The molecule has 0 bridgehead atoms. The Labute approximate surface area is 120 Å². The number of amides is 1. The van der Waals surface area contributed by atoms with E-state index in [-0.39, 0.29) is 11.4 Å². The Bertz CT molecular complexity index is 791. The number of hydrogen-bond donors (Lipinski definition) is 2. The van der Waals surface area contributed by atoms with Gasteiger partial charge in [0.1, 0.15) is 16.4 Å². The van der Waals surface area contributed by atoms with Crippen molar-refractivity contribution in [3.63, 3.8) is 0 Å². The van der Waals surface area contributed by atoms with E-state index >= 15 is 0 Å². The summed E-state index contributed by atoms with van der Waals surface area (Å²) >= 11 is 0. The summed E-state index contributed by atoms with van der Waals surface area (Å²) in [4.78, 5) is 19.3. The van der Waals surface area contributed by atoms with Gasteiger partial charge in [-0.3, -0.25) is 9.78 Å². The lowest BCUT2D eigenvalue weighted by atomic mass is 10.3. The number of aryl methyl sites for hydroxylation is 1. The lowest BCUT2D eigenvalue weighted by Gasteiger charge is -2.09. The van der Waals surface area contributed by atoms with Crippen LogP contribution in [0.1, 0.15) is 16.2 Å². The maximum absolute atomic E-state index is 13.2. The predicted molar refractivity (Wildman–Crippen MR) is 72.5 cm³/mol. The molecule has 3 N–H and O–H groups in total. The second-order valence-electron chi connectivity index (χ2n) is 4.18. The molecule has 0 unspecified atom stereocenters. The number of sulfonamides is 1. The van der Waals surface area contributed by atoms with E-state index in [2.05, 4.69) is 15.3 Å². The Hall–Kier alpha value is -2.39. The quantitative estimate of drug-likeness (QED) is 0.871. The van der Waals surface area contributed by atoms with Gasteiger partial charge in [-0.1, -0.05) is 0 Å². The van der Waals surface area contributed by atoms with Crippen molar-refractivity contribution in [3.05, 3.63) is 47.8 Å². The minimum atomic E-state index is -4.10. The highest BCUT2D eigenvalue weighted by Gasteiger charge is 2.18. The van der Waals surface area contributed by atoms with Gasteiger partial charge in [-0.25, -0.2) is 22.9 Å². The van der Waals surface area contributed by atoms with Crippen LogP contribution in [0.15, 0.2) is 35.5 Å². The summed E-state index contributed by atoms with van der Waals surface area (Å²) in [6, 6.07) is 2.77. The minimum absolute atomic E-state index is 0.0368. The van der Waals surface area contributed by atoms with Crippen LogP contribution in [0.4, 0.5) is 10.1 Å². The van der Waals surface area contributed by atoms with Crippen LogP contribution in [0.2, 0.25) is 0 Å². The van der Waals surface area contributed by atoms with Crippen molar-refractivity contribution in [2.24, 2.45) is 5.14 Å². The normalized spacial score (nSPS) is 11.2. The van der Waals surface area contributed by atoms with Gasteiger partial charge >= 0.3 is 0 Å². The third-order valence-corrected chi connectivity index (χ3v) is 3.48. The standard InChI is InChI=1S/C12H11FN4O3S/c1-7-5-16-10(6-15-7)12(18)17-9-4-8(13)2-3-11(9)21(14,19)20/h2-6H,1H3,(H,17,18)(H2,14,19,20). The van der Waals surface area contributed by atoms with Crippen LogP contribution < -0.4 is 10.5 Å². The zero-order valence-corrected chi connectivity index (χ0v) is 11.7. The van der Waals surface area contributed by atoms with Crippen LogP contribution in [0.5, 0.6) is 0 Å². The van der Waals surface area contributed by atoms with Crippen molar-refractivity contribution >= 4 is 21.6 Å². The molecule has 0 aliphatic carbocycles. The Morgan fingerprint density at radius 2 is 2.00 bits per heavy atom. The first-order valence-corrected chi connectivity index (χ1v) is 7.24. The van der Waals surface area contributed by atoms with Crippen LogP contribution in [-0.2, 0) is 10.0 Å². The van der Waals surface area contributed by atoms with Crippen molar-refractivity contribution in [2.45, 2.75) is 11.8 Å². The molecule has 2 rings (SSSR count). The van der Waals surface area contributed by atoms with E-state index in [0.717, 1.165) is 18.2 Å². The number of nitrogens with one attached hydrogen (secondary N) is 1. The highest BCUT2D eigenvalue weighted by Crippen LogP contribution is 2.21. The predicted octanol–water partition coefficient (Wildman–Crippen LogP) is 0.824. The van der Waals surface area contributed by atoms with Crippen LogP contribution >= 0.6 is 0 Å². The first-order valence-electron chi connectivity index (χ1n) is 5.70. The molecule has 1 heterocycles. The summed E-state index contributed by atoms with van der Waals surface area (Å²) in [6.45, 7) is 1.69. The molecule has 0 fully saturated rings. The zero-order valence-electron chi connectivity index (χ0n) is 10.9. The van der Waals surface area contributed by atoms with E-state index in [9.17, 15) is 17.6 Å². The number of hydrogen-bond acceptors (Lipinski definition) is 5. The Kier molecular flexibility index (Phi) is 3.96. The number of carbonyl (C=O) groups is 1. The summed E-state index contributed by atoms with van der Waals surface area (Å²) in [7, 11) is -4.10. The van der Waals surface area contributed by atoms with E-state index in [4.69, 9.17) is 5.14 Å². The molecule has 0 atom stereocenters. The van der Waals surface area contributed by atoms with Gasteiger partial charge in [0.15, 0.2) is 0 Å². The Morgan fingerprint density at radius 1 is 1.29 bits per heavy atom. The average Bonchev–Trinajstić information content (AvgIpc) is 2.38. The maximum atomic E-state index is 13.2. The average molecular weight is 310 g/mol. The molecule has 0 aliphatic rings. The molecule has 0 spiro atoms. The fourth-order valence-electron chi connectivity index (χ4n) is 1.54. The van der Waals surface area contributed by atoms with E-state index in [1.807, 2.05) is 0 Å². The number of nitrogens with two attached hydrogens (primary N) is 1. The van der Waals surface area contributed by atoms with Gasteiger partial charge in [0, 0.05) is 6.20 Å². The fourth-order valence-corrected chi connectivity index (χ4v) is 2.22. The van der Waals surface area contributed by atoms with Crippen LogP contribution in [0.25, 0.3) is 0 Å². The molecule has 2 aromatic rings. The summed E-state index contributed by atoms with van der Waals surface area (Å²) in [5.74, 6) is -1.44. The molecule has 0 radical (unpaired) electrons. The molecule has 0 aliphatic heterocycles. The lowest BCUT2D eigenvalue weighted by Crippen LogP contribution is -2.19. The third kappa shape index (κ3) is 3.58. The molecule has 0 saturated heterocycles. The second kappa shape index (κ2) is 5.54. The first-order chi connectivity index (χ1) is 9.77. The van der Waals surface area contributed by atoms with Gasteiger partial charge in [-0.15, -0.1) is 0 Å². The first kappa shape index (κ1) is 15.0. The van der Waals surface area contributed by atoms with E-state index in [1.54, 1.807) is 6.92 Å². The number of benzene rings is 1. The van der Waals surface area contributed by atoms with Crippen LogP contribution in [0.3, 0.4) is 0 Å². The van der Waals surface area contributed by atoms with Crippen molar-refractivity contribution in [2.75, 3.05) is 5.32 Å². The van der Waals surface area contributed by atoms with Gasteiger partial charge < -0.3 is 5.32 Å². The number of anilines is 1. The fraction of sp³-hybridized carbons (Fsp3) is 0.0833. The smallest absolute Gasteiger partial charge is 0.275 e. The molecule has 1 amide bonds. The number of aromatic nitrogens is 2. The molecule has 110 valence electrons. The van der Waals surface area contributed by atoms with Crippen molar-refractivity contribution in [3.8, 4) is 0 Å². The molecule has 1 aromatic heterocycles. The summed E-state index contributed by atoms with van der Waals surface area (Å²) < 4.78 is 36.0. The molecule has 0 saturated carbocycles. The Morgan fingerprint density at radius 3 is 2.57 bits per heavy atom. The zero-order chi connectivity index (χ0) is 15.6. The lowest BCUT2D eigenvalue weighted by molar-refractivity contribution is 0.102. The van der Waals surface area contributed by atoms with Crippen molar-refractivity contribution in [1.82, 2.24) is 9.97 Å². The van der Waals surface area contributed by atoms with Gasteiger partial charge in [0.05, 0.1) is 17.6 Å². The number of nitrogens with zero attached hydrogens (tertiary/aromatic N) is 2. The van der Waals surface area contributed by atoms with E-state index in [1.165, 1.54) is 12.4 Å².